The molecule has 11 heteroatoms. The van der Waals surface area contributed by atoms with Crippen molar-refractivity contribution in [2.75, 3.05) is 23.0 Å². The van der Waals surface area contributed by atoms with Crippen LogP contribution in [-0.4, -0.2) is 52.2 Å². The number of hydrogen-bond donors (Lipinski definition) is 0. The molecule has 158 valence electrons. The van der Waals surface area contributed by atoms with Crippen molar-refractivity contribution >= 4 is 11.8 Å². The molecule has 0 amide bonds. The minimum Gasteiger partial charge on any atom is -0.377 e. The predicted octanol–water partition coefficient (Wildman–Crippen LogP) is 2.19. The highest BCUT2D eigenvalue weighted by Gasteiger charge is 2.47. The molecule has 4 rings (SSSR count). The van der Waals surface area contributed by atoms with Crippen LogP contribution >= 0.6 is 0 Å². The molecule has 8 nitrogen and oxygen atoms in total. The zero-order valence-electron chi connectivity index (χ0n) is 16.1. The van der Waals surface area contributed by atoms with Crippen molar-refractivity contribution in [3.05, 3.63) is 34.4 Å². The molecule has 0 spiro atoms. The molecule has 0 unspecified atom stereocenters. The molecule has 0 aliphatic carbocycles. The third kappa shape index (κ3) is 3.70. The van der Waals surface area contributed by atoms with E-state index in [4.69, 9.17) is 9.26 Å². The summed E-state index contributed by atoms with van der Waals surface area (Å²) in [6, 6.07) is 1.02. The van der Waals surface area contributed by atoms with Crippen LogP contribution in [0.5, 0.6) is 0 Å². The first-order valence-corrected chi connectivity index (χ1v) is 9.46. The number of morpholine rings is 1. The molecule has 2 aliphatic rings. The molecule has 0 radical (unpaired) electrons. The topological polar surface area (TPSA) is 76.6 Å². The fourth-order valence-corrected chi connectivity index (χ4v) is 4.06. The molecule has 2 aliphatic heterocycles. The van der Waals surface area contributed by atoms with Gasteiger partial charge in [-0.3, -0.25) is 9.36 Å². The van der Waals surface area contributed by atoms with Gasteiger partial charge in [0.25, 0.3) is 5.56 Å². The minimum atomic E-state index is -4.47. The van der Waals surface area contributed by atoms with Gasteiger partial charge in [0.15, 0.2) is 0 Å². The van der Waals surface area contributed by atoms with Crippen LogP contribution in [0.4, 0.5) is 24.9 Å². The number of alkyl halides is 3. The molecular formula is C18H22F3N5O3. The largest absolute Gasteiger partial charge is 0.408 e. The highest BCUT2D eigenvalue weighted by atomic mass is 19.4. The SMILES string of the molecule is C[C@@H]1COC[C@@H](C)N1c1cc(=O)n2c(n1)N(Cc1ccon1)[C@H](C(F)(F)F)CC2. The summed E-state index contributed by atoms with van der Waals surface area (Å²) in [5, 5.41) is 3.73. The number of halogens is 3. The Morgan fingerprint density at radius 1 is 1.24 bits per heavy atom. The van der Waals surface area contributed by atoms with Gasteiger partial charge in [-0.25, -0.2) is 0 Å². The average Bonchev–Trinajstić information content (AvgIpc) is 3.14. The van der Waals surface area contributed by atoms with Crippen molar-refractivity contribution in [1.82, 2.24) is 14.7 Å². The van der Waals surface area contributed by atoms with E-state index in [1.165, 1.54) is 23.0 Å². The van der Waals surface area contributed by atoms with E-state index in [9.17, 15) is 18.0 Å². The maximum Gasteiger partial charge on any atom is 0.408 e. The van der Waals surface area contributed by atoms with Crippen LogP contribution < -0.4 is 15.4 Å². The first-order chi connectivity index (χ1) is 13.8. The predicted molar refractivity (Wildman–Crippen MR) is 97.9 cm³/mol. The lowest BCUT2D eigenvalue weighted by atomic mass is 10.1. The van der Waals surface area contributed by atoms with Crippen LogP contribution in [0.1, 0.15) is 26.0 Å². The number of aromatic nitrogens is 3. The van der Waals surface area contributed by atoms with Gasteiger partial charge in [-0.2, -0.15) is 18.2 Å². The molecule has 0 N–H and O–H groups in total. The molecule has 0 saturated carbocycles. The number of hydrogen-bond acceptors (Lipinski definition) is 7. The summed E-state index contributed by atoms with van der Waals surface area (Å²) >= 11 is 0. The number of anilines is 2. The lowest BCUT2D eigenvalue weighted by Gasteiger charge is -2.42. The van der Waals surface area contributed by atoms with Gasteiger partial charge in [0.05, 0.1) is 31.8 Å². The summed E-state index contributed by atoms with van der Waals surface area (Å²) in [5.41, 5.74) is -0.0397. The van der Waals surface area contributed by atoms with E-state index in [1.807, 2.05) is 18.7 Å². The van der Waals surface area contributed by atoms with Crippen molar-refractivity contribution in [2.45, 2.75) is 57.7 Å². The highest BCUT2D eigenvalue weighted by Crippen LogP contribution is 2.35. The first-order valence-electron chi connectivity index (χ1n) is 9.46. The van der Waals surface area contributed by atoms with E-state index in [-0.39, 0.29) is 43.1 Å². The normalized spacial score (nSPS) is 25.2. The number of fused-ring (bicyclic) bond motifs is 1. The Balaban J connectivity index is 1.80. The number of nitrogens with zero attached hydrogens (tertiary/aromatic N) is 5. The maximum absolute atomic E-state index is 13.8. The minimum absolute atomic E-state index is 0.00466. The zero-order chi connectivity index (χ0) is 20.8. The lowest BCUT2D eigenvalue weighted by Crippen LogP contribution is -2.53. The second kappa shape index (κ2) is 7.36. The quantitative estimate of drug-likeness (QED) is 0.763. The van der Waals surface area contributed by atoms with E-state index in [2.05, 4.69) is 10.1 Å². The van der Waals surface area contributed by atoms with Crippen molar-refractivity contribution in [1.29, 1.82) is 0 Å². The van der Waals surface area contributed by atoms with Crippen molar-refractivity contribution in [3.63, 3.8) is 0 Å². The van der Waals surface area contributed by atoms with Crippen molar-refractivity contribution in [2.24, 2.45) is 0 Å². The molecule has 0 aromatic carbocycles. The Hall–Kier alpha value is -2.56. The smallest absolute Gasteiger partial charge is 0.377 e. The van der Waals surface area contributed by atoms with Gasteiger partial charge in [-0.05, 0) is 20.3 Å². The van der Waals surface area contributed by atoms with Gasteiger partial charge in [0, 0.05) is 18.7 Å². The molecule has 1 saturated heterocycles. The van der Waals surface area contributed by atoms with Crippen molar-refractivity contribution in [3.8, 4) is 0 Å². The second-order valence-corrected chi connectivity index (χ2v) is 7.51. The summed E-state index contributed by atoms with van der Waals surface area (Å²) in [7, 11) is 0. The van der Waals surface area contributed by atoms with Crippen molar-refractivity contribution < 1.29 is 22.4 Å². The van der Waals surface area contributed by atoms with Crippen LogP contribution in [0.3, 0.4) is 0 Å². The van der Waals surface area contributed by atoms with E-state index in [0.717, 1.165) is 4.90 Å². The summed E-state index contributed by atoms with van der Waals surface area (Å²) < 4.78 is 52.9. The molecule has 1 fully saturated rings. The summed E-state index contributed by atoms with van der Waals surface area (Å²) in [5.74, 6) is 0.354. The highest BCUT2D eigenvalue weighted by molar-refractivity contribution is 5.48. The molecule has 2 aromatic heterocycles. The Morgan fingerprint density at radius 2 is 1.97 bits per heavy atom. The van der Waals surface area contributed by atoms with E-state index in [1.54, 1.807) is 0 Å². The monoisotopic (exact) mass is 413 g/mol. The van der Waals surface area contributed by atoms with Gasteiger partial charge in [0.1, 0.15) is 23.8 Å². The molecule has 0 bridgehead atoms. The third-order valence-electron chi connectivity index (χ3n) is 5.37. The standard InChI is InChI=1S/C18H22F3N5O3/c1-11-9-28-10-12(2)26(11)15-7-16(27)24-5-3-14(18(19,20)21)25(17(24)22-15)8-13-4-6-29-23-13/h4,6-7,11-12,14H,3,5,8-10H2,1-2H3/t11-,12-,14+/m1/s1. The second-order valence-electron chi connectivity index (χ2n) is 7.51. The van der Waals surface area contributed by atoms with Crippen LogP contribution in [0.2, 0.25) is 0 Å². The summed E-state index contributed by atoms with van der Waals surface area (Å²) in [6.45, 7) is 4.57. The van der Waals surface area contributed by atoms with Gasteiger partial charge in [0.2, 0.25) is 5.95 Å². The molecule has 3 atom stereocenters. The van der Waals surface area contributed by atoms with Crippen LogP contribution in [-0.2, 0) is 17.8 Å². The lowest BCUT2D eigenvalue weighted by molar-refractivity contribution is -0.153. The first kappa shape index (κ1) is 19.7. The Bertz CT molecular complexity index is 904. The maximum atomic E-state index is 13.8. The molecule has 29 heavy (non-hydrogen) atoms. The van der Waals surface area contributed by atoms with Crippen LogP contribution in [0.25, 0.3) is 0 Å². The molecule has 2 aromatic rings. The fraction of sp³-hybridized carbons (Fsp3) is 0.611. The third-order valence-corrected chi connectivity index (χ3v) is 5.37. The number of ether oxygens (including phenoxy) is 1. The fourth-order valence-electron chi connectivity index (χ4n) is 4.06. The average molecular weight is 413 g/mol. The van der Waals surface area contributed by atoms with Crippen LogP contribution in [0.15, 0.2) is 27.7 Å². The van der Waals surface area contributed by atoms with E-state index < -0.39 is 12.2 Å². The Labute approximate surface area is 164 Å². The molecule has 4 heterocycles. The summed E-state index contributed by atoms with van der Waals surface area (Å²) in [6.07, 6.45) is -3.40. The van der Waals surface area contributed by atoms with E-state index >= 15 is 0 Å². The van der Waals surface area contributed by atoms with Gasteiger partial charge < -0.3 is 19.1 Å². The number of rotatable bonds is 3. The van der Waals surface area contributed by atoms with Crippen LogP contribution in [0, 0.1) is 0 Å². The van der Waals surface area contributed by atoms with Gasteiger partial charge in [-0.1, -0.05) is 5.16 Å². The van der Waals surface area contributed by atoms with Gasteiger partial charge in [-0.15, -0.1) is 0 Å². The summed E-state index contributed by atoms with van der Waals surface area (Å²) in [4.78, 5) is 20.3. The van der Waals surface area contributed by atoms with E-state index in [0.29, 0.717) is 24.7 Å². The van der Waals surface area contributed by atoms with Gasteiger partial charge >= 0.3 is 6.18 Å². The zero-order valence-corrected chi connectivity index (χ0v) is 16.1. The Kier molecular flexibility index (Phi) is 5.01. The molecular weight excluding hydrogens is 391 g/mol. The Morgan fingerprint density at radius 3 is 2.59 bits per heavy atom.